The van der Waals surface area contributed by atoms with Crippen molar-refractivity contribution in [1.82, 2.24) is 24.3 Å². The van der Waals surface area contributed by atoms with Crippen molar-refractivity contribution in [3.63, 3.8) is 0 Å². The lowest BCUT2D eigenvalue weighted by atomic mass is 10.2. The number of pyridine rings is 1. The first kappa shape index (κ1) is 17.4. The molecular formula is C21H23N5O. The Morgan fingerprint density at radius 1 is 0.889 bits per heavy atom. The standard InChI is InChI=1S/C21H23N5O/c27-21(19-6-8-22-9-7-19)26-16-13-24(14-17-26)12-15-25-11-10-23-20(25)18-4-2-1-3-5-18/h1-11H,12-17H2. The van der Waals surface area contributed by atoms with E-state index in [9.17, 15) is 4.79 Å². The Kier molecular flexibility index (Phi) is 5.25. The largest absolute Gasteiger partial charge is 0.336 e. The number of hydrogen-bond acceptors (Lipinski definition) is 4. The van der Waals surface area contributed by atoms with Crippen LogP contribution in [0.4, 0.5) is 0 Å². The molecule has 0 N–H and O–H groups in total. The van der Waals surface area contributed by atoms with E-state index in [4.69, 9.17) is 0 Å². The molecule has 6 nitrogen and oxygen atoms in total. The van der Waals surface area contributed by atoms with E-state index in [0.717, 1.165) is 50.7 Å². The van der Waals surface area contributed by atoms with Gasteiger partial charge in [-0.25, -0.2) is 4.98 Å². The van der Waals surface area contributed by atoms with Crippen LogP contribution in [-0.4, -0.2) is 63.0 Å². The Morgan fingerprint density at radius 2 is 1.63 bits per heavy atom. The second-order valence-corrected chi connectivity index (χ2v) is 6.68. The van der Waals surface area contributed by atoms with Gasteiger partial charge in [-0.3, -0.25) is 14.7 Å². The molecule has 0 radical (unpaired) electrons. The van der Waals surface area contributed by atoms with Gasteiger partial charge in [-0.15, -0.1) is 0 Å². The number of carbonyl (C=O) groups excluding carboxylic acids is 1. The lowest BCUT2D eigenvalue weighted by molar-refractivity contribution is 0.0633. The van der Waals surface area contributed by atoms with E-state index in [0.29, 0.717) is 5.56 Å². The number of hydrogen-bond donors (Lipinski definition) is 0. The van der Waals surface area contributed by atoms with Gasteiger partial charge in [-0.05, 0) is 12.1 Å². The predicted molar refractivity (Wildman–Crippen MR) is 104 cm³/mol. The molecule has 1 aromatic carbocycles. The third kappa shape index (κ3) is 4.06. The summed E-state index contributed by atoms with van der Waals surface area (Å²) in [5.74, 6) is 1.10. The molecule has 3 aromatic rings. The van der Waals surface area contributed by atoms with Gasteiger partial charge >= 0.3 is 0 Å². The van der Waals surface area contributed by atoms with E-state index in [1.165, 1.54) is 0 Å². The molecule has 1 aliphatic heterocycles. The number of aromatic nitrogens is 3. The van der Waals surface area contributed by atoms with Gasteiger partial charge in [0.1, 0.15) is 5.82 Å². The van der Waals surface area contributed by atoms with Crippen LogP contribution in [0.15, 0.2) is 67.3 Å². The average Bonchev–Trinajstić information content (AvgIpc) is 3.22. The first-order valence-electron chi connectivity index (χ1n) is 9.29. The molecule has 138 valence electrons. The van der Waals surface area contributed by atoms with Gasteiger partial charge in [0.05, 0.1) is 0 Å². The zero-order valence-corrected chi connectivity index (χ0v) is 15.2. The molecule has 1 saturated heterocycles. The molecule has 0 atom stereocenters. The van der Waals surface area contributed by atoms with Gasteiger partial charge in [-0.1, -0.05) is 30.3 Å². The minimum absolute atomic E-state index is 0.0954. The molecule has 2 aromatic heterocycles. The van der Waals surface area contributed by atoms with Crippen LogP contribution in [0, 0.1) is 0 Å². The summed E-state index contributed by atoms with van der Waals surface area (Å²) >= 11 is 0. The first-order chi connectivity index (χ1) is 13.3. The van der Waals surface area contributed by atoms with Crippen molar-refractivity contribution in [2.45, 2.75) is 6.54 Å². The summed E-state index contributed by atoms with van der Waals surface area (Å²) in [6, 6.07) is 13.8. The summed E-state index contributed by atoms with van der Waals surface area (Å²) in [5.41, 5.74) is 1.85. The lowest BCUT2D eigenvalue weighted by Crippen LogP contribution is -2.49. The van der Waals surface area contributed by atoms with Crippen LogP contribution in [0.3, 0.4) is 0 Å². The fourth-order valence-corrected chi connectivity index (χ4v) is 3.44. The van der Waals surface area contributed by atoms with Crippen molar-refractivity contribution in [3.8, 4) is 11.4 Å². The number of piperazine rings is 1. The van der Waals surface area contributed by atoms with Crippen molar-refractivity contribution < 1.29 is 4.79 Å². The number of rotatable bonds is 5. The van der Waals surface area contributed by atoms with E-state index in [1.807, 2.05) is 35.5 Å². The molecule has 0 aliphatic carbocycles. The molecule has 4 rings (SSSR count). The molecule has 0 saturated carbocycles. The van der Waals surface area contributed by atoms with Crippen LogP contribution in [0.2, 0.25) is 0 Å². The van der Waals surface area contributed by atoms with Gasteiger partial charge in [0, 0.05) is 75.2 Å². The van der Waals surface area contributed by atoms with Crippen molar-refractivity contribution >= 4 is 5.91 Å². The van der Waals surface area contributed by atoms with Crippen LogP contribution in [0.5, 0.6) is 0 Å². The molecule has 1 fully saturated rings. The van der Waals surface area contributed by atoms with Crippen LogP contribution < -0.4 is 0 Å². The zero-order valence-electron chi connectivity index (χ0n) is 15.2. The SMILES string of the molecule is O=C(c1ccncc1)N1CCN(CCn2ccnc2-c2ccccc2)CC1. The van der Waals surface area contributed by atoms with Gasteiger partial charge in [0.15, 0.2) is 0 Å². The van der Waals surface area contributed by atoms with Gasteiger partial charge in [0.2, 0.25) is 0 Å². The molecule has 0 unspecified atom stereocenters. The van der Waals surface area contributed by atoms with Gasteiger partial charge in [0.25, 0.3) is 5.91 Å². The Morgan fingerprint density at radius 3 is 2.37 bits per heavy atom. The second-order valence-electron chi connectivity index (χ2n) is 6.68. The van der Waals surface area contributed by atoms with Crippen molar-refractivity contribution in [3.05, 3.63) is 72.8 Å². The van der Waals surface area contributed by atoms with Crippen molar-refractivity contribution in [1.29, 1.82) is 0 Å². The highest BCUT2D eigenvalue weighted by Gasteiger charge is 2.22. The number of imidazole rings is 1. The lowest BCUT2D eigenvalue weighted by Gasteiger charge is -2.34. The Bertz CT molecular complexity index is 870. The van der Waals surface area contributed by atoms with Crippen LogP contribution in [0.25, 0.3) is 11.4 Å². The monoisotopic (exact) mass is 361 g/mol. The molecule has 1 aliphatic rings. The van der Waals surface area contributed by atoms with E-state index < -0.39 is 0 Å². The summed E-state index contributed by atoms with van der Waals surface area (Å²) in [4.78, 5) is 25.3. The quantitative estimate of drug-likeness (QED) is 0.700. The van der Waals surface area contributed by atoms with Crippen LogP contribution >= 0.6 is 0 Å². The number of amides is 1. The summed E-state index contributed by atoms with van der Waals surface area (Å²) in [7, 11) is 0. The maximum Gasteiger partial charge on any atom is 0.254 e. The van der Waals surface area contributed by atoms with Gasteiger partial charge in [-0.2, -0.15) is 0 Å². The number of benzene rings is 1. The van der Waals surface area contributed by atoms with Crippen molar-refractivity contribution in [2.24, 2.45) is 0 Å². The van der Waals surface area contributed by atoms with Crippen LogP contribution in [0.1, 0.15) is 10.4 Å². The molecule has 27 heavy (non-hydrogen) atoms. The summed E-state index contributed by atoms with van der Waals surface area (Å²) < 4.78 is 2.20. The third-order valence-corrected chi connectivity index (χ3v) is 4.99. The second kappa shape index (κ2) is 8.14. The zero-order chi connectivity index (χ0) is 18.5. The predicted octanol–water partition coefficient (Wildman–Crippen LogP) is 2.40. The average molecular weight is 361 g/mol. The fraction of sp³-hybridized carbons (Fsp3) is 0.286. The number of nitrogens with zero attached hydrogens (tertiary/aromatic N) is 5. The maximum atomic E-state index is 12.5. The number of carbonyl (C=O) groups is 1. The van der Waals surface area contributed by atoms with E-state index in [-0.39, 0.29) is 5.91 Å². The summed E-state index contributed by atoms with van der Waals surface area (Å²) in [6.07, 6.45) is 7.22. The molecule has 0 bridgehead atoms. The van der Waals surface area contributed by atoms with Crippen molar-refractivity contribution in [2.75, 3.05) is 32.7 Å². The smallest absolute Gasteiger partial charge is 0.254 e. The Hall–Kier alpha value is -2.99. The summed E-state index contributed by atoms with van der Waals surface area (Å²) in [5, 5.41) is 0. The molecule has 3 heterocycles. The topological polar surface area (TPSA) is 54.3 Å². The first-order valence-corrected chi connectivity index (χ1v) is 9.29. The Labute approximate surface area is 159 Å². The minimum atomic E-state index is 0.0954. The Balaban J connectivity index is 1.31. The van der Waals surface area contributed by atoms with E-state index in [2.05, 4.69) is 31.6 Å². The molecule has 1 amide bonds. The fourth-order valence-electron chi connectivity index (χ4n) is 3.44. The maximum absolute atomic E-state index is 12.5. The third-order valence-electron chi connectivity index (χ3n) is 4.99. The minimum Gasteiger partial charge on any atom is -0.336 e. The highest BCUT2D eigenvalue weighted by Crippen LogP contribution is 2.17. The molecule has 0 spiro atoms. The van der Waals surface area contributed by atoms with Crippen LogP contribution in [-0.2, 0) is 6.54 Å². The highest BCUT2D eigenvalue weighted by atomic mass is 16.2. The summed E-state index contributed by atoms with van der Waals surface area (Å²) in [6.45, 7) is 5.15. The van der Waals surface area contributed by atoms with Gasteiger partial charge < -0.3 is 9.47 Å². The molecule has 6 heteroatoms. The van der Waals surface area contributed by atoms with E-state index in [1.54, 1.807) is 24.5 Å². The molecular weight excluding hydrogens is 338 g/mol. The normalized spacial score (nSPS) is 15.0. The highest BCUT2D eigenvalue weighted by molar-refractivity contribution is 5.94. The van der Waals surface area contributed by atoms with E-state index >= 15 is 0 Å².